The zero-order valence-electron chi connectivity index (χ0n) is 13.4. The highest BCUT2D eigenvalue weighted by atomic mass is 32.2. The summed E-state index contributed by atoms with van der Waals surface area (Å²) in [6.45, 7) is 9.07. The standard InChI is InChI=1S/C15H22N4OS2/c1-8(2)5-6-17-11(20)7-21-15-18-13(16)12-9(3)10(4)22-14(12)19-15/h8H,5-7H2,1-4H3,(H,17,20)(H2,16,18,19). The average molecular weight is 339 g/mol. The summed E-state index contributed by atoms with van der Waals surface area (Å²) in [5.74, 6) is 1.40. The number of nitrogens with two attached hydrogens (primary N) is 1. The molecule has 1 amide bonds. The maximum atomic E-state index is 11.8. The number of nitrogens with zero attached hydrogens (tertiary/aromatic N) is 2. The third-order valence-electron chi connectivity index (χ3n) is 3.41. The van der Waals surface area contributed by atoms with Crippen molar-refractivity contribution in [1.29, 1.82) is 0 Å². The molecule has 2 rings (SSSR count). The van der Waals surface area contributed by atoms with Gasteiger partial charge < -0.3 is 11.1 Å². The number of anilines is 1. The molecule has 0 aliphatic rings. The van der Waals surface area contributed by atoms with Gasteiger partial charge in [-0.15, -0.1) is 11.3 Å². The molecule has 0 fully saturated rings. The fraction of sp³-hybridized carbons (Fsp3) is 0.533. The number of fused-ring (bicyclic) bond motifs is 1. The minimum Gasteiger partial charge on any atom is -0.383 e. The van der Waals surface area contributed by atoms with Crippen molar-refractivity contribution in [3.8, 4) is 0 Å². The molecule has 0 bridgehead atoms. The summed E-state index contributed by atoms with van der Waals surface area (Å²) in [4.78, 5) is 22.7. The molecule has 0 radical (unpaired) electrons. The van der Waals surface area contributed by atoms with E-state index >= 15 is 0 Å². The van der Waals surface area contributed by atoms with E-state index in [4.69, 9.17) is 5.73 Å². The highest BCUT2D eigenvalue weighted by Gasteiger charge is 2.13. The zero-order chi connectivity index (χ0) is 16.3. The second-order valence-electron chi connectivity index (χ2n) is 5.68. The van der Waals surface area contributed by atoms with E-state index in [1.165, 1.54) is 16.6 Å². The highest BCUT2D eigenvalue weighted by Crippen LogP contribution is 2.33. The Kier molecular flexibility index (Phi) is 5.63. The predicted molar refractivity (Wildman–Crippen MR) is 94.5 cm³/mol. The lowest BCUT2D eigenvalue weighted by Gasteiger charge is -2.07. The molecule has 0 aliphatic heterocycles. The van der Waals surface area contributed by atoms with E-state index in [1.807, 2.05) is 6.92 Å². The first-order valence-electron chi connectivity index (χ1n) is 7.31. The van der Waals surface area contributed by atoms with Crippen LogP contribution in [-0.2, 0) is 4.79 Å². The molecule has 22 heavy (non-hydrogen) atoms. The maximum absolute atomic E-state index is 11.8. The van der Waals surface area contributed by atoms with Crippen LogP contribution in [0.4, 0.5) is 5.82 Å². The quantitative estimate of drug-likeness (QED) is 0.625. The van der Waals surface area contributed by atoms with E-state index in [9.17, 15) is 4.79 Å². The first-order chi connectivity index (χ1) is 10.4. The molecule has 0 spiro atoms. The van der Waals surface area contributed by atoms with Crippen molar-refractivity contribution in [3.05, 3.63) is 10.4 Å². The van der Waals surface area contributed by atoms with Gasteiger partial charge in [0.15, 0.2) is 5.16 Å². The van der Waals surface area contributed by atoms with Gasteiger partial charge in [0.1, 0.15) is 10.6 Å². The normalized spacial score (nSPS) is 11.3. The molecule has 3 N–H and O–H groups in total. The largest absolute Gasteiger partial charge is 0.383 e. The van der Waals surface area contributed by atoms with E-state index in [1.54, 1.807) is 11.3 Å². The van der Waals surface area contributed by atoms with Crippen LogP contribution in [-0.4, -0.2) is 28.2 Å². The minimum absolute atomic E-state index is 0.00598. The Morgan fingerprint density at radius 3 is 2.77 bits per heavy atom. The molecular weight excluding hydrogens is 316 g/mol. The van der Waals surface area contributed by atoms with Gasteiger partial charge in [0, 0.05) is 11.4 Å². The van der Waals surface area contributed by atoms with Crippen molar-refractivity contribution in [2.24, 2.45) is 5.92 Å². The summed E-state index contributed by atoms with van der Waals surface area (Å²) in [5, 5.41) is 4.40. The Bertz CT molecular complexity index is 682. The summed E-state index contributed by atoms with van der Waals surface area (Å²) in [6, 6.07) is 0. The molecule has 5 nitrogen and oxygen atoms in total. The third-order valence-corrected chi connectivity index (χ3v) is 5.36. The maximum Gasteiger partial charge on any atom is 0.230 e. The van der Waals surface area contributed by atoms with E-state index in [2.05, 4.69) is 36.1 Å². The molecule has 0 saturated heterocycles. The van der Waals surface area contributed by atoms with Crippen LogP contribution < -0.4 is 11.1 Å². The summed E-state index contributed by atoms with van der Waals surface area (Å²) >= 11 is 2.94. The van der Waals surface area contributed by atoms with Crippen molar-refractivity contribution in [2.45, 2.75) is 39.3 Å². The molecule has 0 aromatic carbocycles. The number of hydrogen-bond donors (Lipinski definition) is 2. The summed E-state index contributed by atoms with van der Waals surface area (Å²) in [7, 11) is 0. The number of nitrogens with one attached hydrogen (secondary N) is 1. The minimum atomic E-state index is 0.00598. The molecule has 0 atom stereocenters. The first-order valence-corrected chi connectivity index (χ1v) is 9.11. The lowest BCUT2D eigenvalue weighted by atomic mass is 10.1. The number of hydrogen-bond acceptors (Lipinski definition) is 6. The van der Waals surface area contributed by atoms with Crippen molar-refractivity contribution >= 4 is 45.0 Å². The van der Waals surface area contributed by atoms with Gasteiger partial charge in [0.05, 0.1) is 11.1 Å². The Morgan fingerprint density at radius 1 is 1.36 bits per heavy atom. The second-order valence-corrected chi connectivity index (χ2v) is 7.82. The SMILES string of the molecule is Cc1sc2nc(SCC(=O)NCCC(C)C)nc(N)c2c1C. The topological polar surface area (TPSA) is 80.9 Å². The van der Waals surface area contributed by atoms with Gasteiger partial charge in [-0.2, -0.15) is 0 Å². The molecule has 2 heterocycles. The Morgan fingerprint density at radius 2 is 2.09 bits per heavy atom. The summed E-state index contributed by atoms with van der Waals surface area (Å²) in [6.07, 6.45) is 0.986. The van der Waals surface area contributed by atoms with Crippen LogP contribution in [0.3, 0.4) is 0 Å². The molecule has 2 aromatic rings. The average Bonchev–Trinajstić information content (AvgIpc) is 2.71. The number of thiophene rings is 1. The van der Waals surface area contributed by atoms with Gasteiger partial charge >= 0.3 is 0 Å². The van der Waals surface area contributed by atoms with E-state index < -0.39 is 0 Å². The van der Waals surface area contributed by atoms with Crippen LogP contribution >= 0.6 is 23.1 Å². The van der Waals surface area contributed by atoms with Crippen LogP contribution in [0.25, 0.3) is 10.2 Å². The second kappa shape index (κ2) is 7.28. The van der Waals surface area contributed by atoms with Crippen LogP contribution in [0.1, 0.15) is 30.7 Å². The lowest BCUT2D eigenvalue weighted by molar-refractivity contribution is -0.118. The van der Waals surface area contributed by atoms with Crippen molar-refractivity contribution in [2.75, 3.05) is 18.0 Å². The number of rotatable bonds is 6. The van der Waals surface area contributed by atoms with Gasteiger partial charge in [-0.3, -0.25) is 4.79 Å². The number of aromatic nitrogens is 2. The first kappa shape index (κ1) is 17.0. The molecular formula is C15H22N4OS2. The van der Waals surface area contributed by atoms with Crippen LogP contribution in [0.2, 0.25) is 0 Å². The summed E-state index contributed by atoms with van der Waals surface area (Å²) < 4.78 is 0. The number of thioether (sulfide) groups is 1. The van der Waals surface area contributed by atoms with Crippen molar-refractivity contribution < 1.29 is 4.79 Å². The Labute approximate surface area is 139 Å². The number of carbonyl (C=O) groups excluding carboxylic acids is 1. The highest BCUT2D eigenvalue weighted by molar-refractivity contribution is 7.99. The van der Waals surface area contributed by atoms with Gasteiger partial charge in [-0.1, -0.05) is 25.6 Å². The smallest absolute Gasteiger partial charge is 0.230 e. The molecule has 0 aliphatic carbocycles. The fourth-order valence-electron chi connectivity index (χ4n) is 2.01. The predicted octanol–water partition coefficient (Wildman–Crippen LogP) is 3.14. The Hall–Kier alpha value is -1.34. The van der Waals surface area contributed by atoms with Crippen molar-refractivity contribution in [3.63, 3.8) is 0 Å². The van der Waals surface area contributed by atoms with Gasteiger partial charge in [-0.05, 0) is 31.7 Å². The van der Waals surface area contributed by atoms with Crippen LogP contribution in [0.15, 0.2) is 5.16 Å². The Balaban J connectivity index is 1.99. The molecule has 0 saturated carbocycles. The van der Waals surface area contributed by atoms with E-state index in [-0.39, 0.29) is 5.91 Å². The number of aryl methyl sites for hydroxylation is 2. The van der Waals surface area contributed by atoms with Crippen molar-refractivity contribution in [1.82, 2.24) is 15.3 Å². The zero-order valence-corrected chi connectivity index (χ0v) is 15.0. The van der Waals surface area contributed by atoms with Crippen LogP contribution in [0.5, 0.6) is 0 Å². The van der Waals surface area contributed by atoms with Gasteiger partial charge in [-0.25, -0.2) is 9.97 Å². The number of amides is 1. The lowest BCUT2D eigenvalue weighted by Crippen LogP contribution is -2.27. The van der Waals surface area contributed by atoms with Gasteiger partial charge in [0.25, 0.3) is 0 Å². The number of nitrogen functional groups attached to an aromatic ring is 1. The number of carbonyl (C=O) groups is 1. The molecule has 7 heteroatoms. The monoisotopic (exact) mass is 338 g/mol. The fourth-order valence-corrected chi connectivity index (χ4v) is 3.78. The van der Waals surface area contributed by atoms with E-state index in [0.29, 0.717) is 29.2 Å². The third kappa shape index (κ3) is 4.10. The molecule has 0 unspecified atom stereocenters. The molecule has 2 aromatic heterocycles. The van der Waals surface area contributed by atoms with E-state index in [0.717, 1.165) is 22.2 Å². The molecule has 120 valence electrons. The van der Waals surface area contributed by atoms with Crippen LogP contribution in [0, 0.1) is 19.8 Å². The van der Waals surface area contributed by atoms with Gasteiger partial charge in [0.2, 0.25) is 5.91 Å². The summed E-state index contributed by atoms with van der Waals surface area (Å²) in [5.41, 5.74) is 7.17.